The molecule has 120 valence electrons. The van der Waals surface area contributed by atoms with Crippen LogP contribution < -0.4 is 4.90 Å². The molecular formula is C20H23ClNS+. The molecule has 1 saturated heterocycles. The van der Waals surface area contributed by atoms with E-state index >= 15 is 0 Å². The van der Waals surface area contributed by atoms with Gasteiger partial charge in [0.25, 0.3) is 0 Å². The lowest BCUT2D eigenvalue weighted by Gasteiger charge is -2.28. The van der Waals surface area contributed by atoms with Gasteiger partial charge in [-0.1, -0.05) is 41.6 Å². The minimum atomic E-state index is 0.566. The van der Waals surface area contributed by atoms with Gasteiger partial charge < -0.3 is 4.90 Å². The number of halogens is 1. The number of fused-ring (bicyclic) bond motifs is 2. The second kappa shape index (κ2) is 6.88. The molecule has 0 spiro atoms. The predicted molar refractivity (Wildman–Crippen MR) is 97.6 cm³/mol. The van der Waals surface area contributed by atoms with Crippen molar-refractivity contribution in [2.24, 2.45) is 0 Å². The summed E-state index contributed by atoms with van der Waals surface area (Å²) in [5.41, 5.74) is 2.95. The Morgan fingerprint density at radius 1 is 0.913 bits per heavy atom. The molecule has 0 unspecified atom stereocenters. The minimum Gasteiger partial charge on any atom is -0.328 e. The van der Waals surface area contributed by atoms with Gasteiger partial charge in [0, 0.05) is 26.8 Å². The summed E-state index contributed by atoms with van der Waals surface area (Å²) in [6.45, 7) is 2.61. The fourth-order valence-corrected chi connectivity index (χ4v) is 5.33. The topological polar surface area (TPSA) is 4.44 Å². The number of quaternary nitrogens is 1. The largest absolute Gasteiger partial charge is 0.328 e. The molecule has 2 aliphatic rings. The molecule has 0 amide bonds. The van der Waals surface area contributed by atoms with Crippen LogP contribution in [0.3, 0.4) is 0 Å². The quantitative estimate of drug-likeness (QED) is 0.795. The first kappa shape index (κ1) is 15.6. The van der Waals surface area contributed by atoms with E-state index in [4.69, 9.17) is 11.6 Å². The second-order valence-corrected chi connectivity index (χ2v) is 8.24. The molecule has 1 nitrogen and oxygen atoms in total. The minimum absolute atomic E-state index is 0.566. The zero-order valence-corrected chi connectivity index (χ0v) is 14.9. The van der Waals surface area contributed by atoms with Gasteiger partial charge in [0.2, 0.25) is 0 Å². The normalized spacial score (nSPS) is 21.9. The SMILES string of the molecule is Clc1ccc2c(c1)C[C@@H]([NH+]1CCCCCC1)c1ccccc1S2. The summed E-state index contributed by atoms with van der Waals surface area (Å²) in [6, 6.07) is 16.0. The summed E-state index contributed by atoms with van der Waals surface area (Å²) >= 11 is 8.20. The van der Waals surface area contributed by atoms with Crippen LogP contribution in [0.15, 0.2) is 52.3 Å². The van der Waals surface area contributed by atoms with Crippen LogP contribution >= 0.6 is 23.4 Å². The number of hydrogen-bond donors (Lipinski definition) is 1. The van der Waals surface area contributed by atoms with Crippen molar-refractivity contribution in [1.82, 2.24) is 0 Å². The molecule has 4 rings (SSSR count). The molecule has 2 aromatic carbocycles. The van der Waals surface area contributed by atoms with Crippen LogP contribution in [0.4, 0.5) is 0 Å². The molecule has 0 bridgehead atoms. The third-order valence-corrected chi connectivity index (χ3v) is 6.64. The van der Waals surface area contributed by atoms with Crippen molar-refractivity contribution >= 4 is 23.4 Å². The van der Waals surface area contributed by atoms with Gasteiger partial charge in [0.15, 0.2) is 0 Å². The summed E-state index contributed by atoms with van der Waals surface area (Å²) in [5.74, 6) is 0. The number of nitrogens with one attached hydrogen (secondary N) is 1. The van der Waals surface area contributed by atoms with E-state index in [9.17, 15) is 0 Å². The first-order valence-electron chi connectivity index (χ1n) is 8.71. The van der Waals surface area contributed by atoms with E-state index in [0.717, 1.165) is 11.4 Å². The molecule has 2 heterocycles. The first-order valence-corrected chi connectivity index (χ1v) is 9.90. The Morgan fingerprint density at radius 3 is 2.52 bits per heavy atom. The van der Waals surface area contributed by atoms with Gasteiger partial charge in [-0.25, -0.2) is 0 Å². The van der Waals surface area contributed by atoms with Crippen molar-refractivity contribution in [2.45, 2.75) is 47.9 Å². The Bertz CT molecular complexity index is 692. The summed E-state index contributed by atoms with van der Waals surface area (Å²) in [5, 5.41) is 0.861. The highest BCUT2D eigenvalue weighted by Gasteiger charge is 2.30. The molecular weight excluding hydrogens is 322 g/mol. The third kappa shape index (κ3) is 3.31. The Kier molecular flexibility index (Phi) is 4.66. The van der Waals surface area contributed by atoms with Crippen LogP contribution in [0.5, 0.6) is 0 Å². The number of rotatable bonds is 1. The predicted octanol–water partition coefficient (Wildman–Crippen LogP) is 4.55. The lowest BCUT2D eigenvalue weighted by Crippen LogP contribution is -3.12. The van der Waals surface area contributed by atoms with Crippen LogP contribution in [0.25, 0.3) is 0 Å². The van der Waals surface area contributed by atoms with E-state index in [1.807, 2.05) is 17.8 Å². The number of likely N-dealkylation sites (tertiary alicyclic amines) is 1. The summed E-state index contributed by atoms with van der Waals surface area (Å²) in [6.07, 6.45) is 6.63. The van der Waals surface area contributed by atoms with Crippen molar-refractivity contribution in [2.75, 3.05) is 13.1 Å². The summed E-state index contributed by atoms with van der Waals surface area (Å²) < 4.78 is 0. The molecule has 2 aromatic rings. The molecule has 1 fully saturated rings. The van der Waals surface area contributed by atoms with E-state index < -0.39 is 0 Å². The van der Waals surface area contributed by atoms with E-state index in [1.54, 1.807) is 4.90 Å². The van der Waals surface area contributed by atoms with E-state index in [1.165, 1.54) is 59.7 Å². The standard InChI is InChI=1S/C20H22ClNS/c21-16-9-10-19-15(13-16)14-18(22-11-5-1-2-6-12-22)17-7-3-4-8-20(17)23-19/h3-4,7-10,13,18H,1-2,5-6,11-12,14H2/p+1/t18-/m1/s1. The molecule has 0 aliphatic carbocycles. The highest BCUT2D eigenvalue weighted by Crippen LogP contribution is 2.40. The van der Waals surface area contributed by atoms with Gasteiger partial charge in [-0.3, -0.25) is 0 Å². The lowest BCUT2D eigenvalue weighted by atomic mass is 9.97. The van der Waals surface area contributed by atoms with Crippen molar-refractivity contribution in [1.29, 1.82) is 0 Å². The van der Waals surface area contributed by atoms with Crippen molar-refractivity contribution in [3.05, 3.63) is 58.6 Å². The van der Waals surface area contributed by atoms with E-state index in [2.05, 4.69) is 36.4 Å². The van der Waals surface area contributed by atoms with E-state index in [-0.39, 0.29) is 0 Å². The third-order valence-electron chi connectivity index (χ3n) is 5.20. The average molecular weight is 345 g/mol. The van der Waals surface area contributed by atoms with Crippen LogP contribution in [0.2, 0.25) is 5.02 Å². The van der Waals surface area contributed by atoms with Crippen LogP contribution in [0, 0.1) is 0 Å². The molecule has 0 saturated carbocycles. The van der Waals surface area contributed by atoms with Gasteiger partial charge in [-0.15, -0.1) is 0 Å². The van der Waals surface area contributed by atoms with Gasteiger partial charge in [0.1, 0.15) is 6.04 Å². The zero-order chi connectivity index (χ0) is 15.6. The maximum Gasteiger partial charge on any atom is 0.118 e. The Balaban J connectivity index is 1.76. The monoisotopic (exact) mass is 344 g/mol. The van der Waals surface area contributed by atoms with Crippen molar-refractivity contribution < 1.29 is 4.90 Å². The van der Waals surface area contributed by atoms with Crippen LogP contribution in [-0.4, -0.2) is 13.1 Å². The number of hydrogen-bond acceptors (Lipinski definition) is 1. The summed E-state index contributed by atoms with van der Waals surface area (Å²) in [7, 11) is 0. The van der Waals surface area contributed by atoms with Crippen LogP contribution in [0.1, 0.15) is 42.9 Å². The zero-order valence-electron chi connectivity index (χ0n) is 13.4. The fourth-order valence-electron chi connectivity index (χ4n) is 4.01. The molecule has 2 aliphatic heterocycles. The molecule has 23 heavy (non-hydrogen) atoms. The maximum absolute atomic E-state index is 6.28. The lowest BCUT2D eigenvalue weighted by molar-refractivity contribution is -0.931. The Morgan fingerprint density at radius 2 is 1.70 bits per heavy atom. The van der Waals surface area contributed by atoms with Crippen molar-refractivity contribution in [3.8, 4) is 0 Å². The molecule has 1 atom stereocenters. The summed E-state index contributed by atoms with van der Waals surface area (Å²) in [4.78, 5) is 4.57. The fraction of sp³-hybridized carbons (Fsp3) is 0.400. The van der Waals surface area contributed by atoms with Crippen LogP contribution in [-0.2, 0) is 6.42 Å². The molecule has 0 aromatic heterocycles. The van der Waals surface area contributed by atoms with E-state index in [0.29, 0.717) is 6.04 Å². The molecule has 3 heteroatoms. The highest BCUT2D eigenvalue weighted by atomic mass is 35.5. The average Bonchev–Trinajstić information content (AvgIpc) is 2.91. The van der Waals surface area contributed by atoms with Gasteiger partial charge >= 0.3 is 0 Å². The highest BCUT2D eigenvalue weighted by molar-refractivity contribution is 7.99. The van der Waals surface area contributed by atoms with Gasteiger partial charge in [0.05, 0.1) is 13.1 Å². The smallest absolute Gasteiger partial charge is 0.118 e. The van der Waals surface area contributed by atoms with Gasteiger partial charge in [-0.2, -0.15) is 0 Å². The van der Waals surface area contributed by atoms with Crippen molar-refractivity contribution in [3.63, 3.8) is 0 Å². The Labute approximate surface area is 148 Å². The molecule has 1 N–H and O–H groups in total. The Hall–Kier alpha value is -0.960. The molecule has 0 radical (unpaired) electrons. The second-order valence-electron chi connectivity index (χ2n) is 6.72. The number of benzene rings is 2. The maximum atomic E-state index is 6.28. The van der Waals surface area contributed by atoms with Gasteiger partial charge in [-0.05, 0) is 55.5 Å². The first-order chi connectivity index (χ1) is 11.3.